The molecule has 8 nitrogen and oxygen atoms in total. The van der Waals surface area contributed by atoms with Crippen molar-refractivity contribution in [3.8, 4) is 5.75 Å². The summed E-state index contributed by atoms with van der Waals surface area (Å²) in [7, 11) is -4.06. The van der Waals surface area contributed by atoms with Crippen LogP contribution < -0.4 is 15.4 Å². The number of ether oxygens (including phenoxy) is 1. The third-order valence-corrected chi connectivity index (χ3v) is 7.15. The number of carbonyl (C=O) groups is 2. The number of amides is 2. The van der Waals surface area contributed by atoms with E-state index < -0.39 is 28.1 Å². The third kappa shape index (κ3) is 7.19. The predicted molar refractivity (Wildman–Crippen MR) is 116 cm³/mol. The summed E-state index contributed by atoms with van der Waals surface area (Å²) in [6.45, 7) is 0.174. The van der Waals surface area contributed by atoms with Gasteiger partial charge in [-0.2, -0.15) is 4.31 Å². The van der Waals surface area contributed by atoms with Crippen molar-refractivity contribution < 1.29 is 35.9 Å². The van der Waals surface area contributed by atoms with Crippen LogP contribution in [0.5, 0.6) is 5.75 Å². The van der Waals surface area contributed by atoms with E-state index in [4.69, 9.17) is 0 Å². The molecule has 0 atom stereocenters. The Labute approximate surface area is 195 Å². The molecule has 2 aromatic rings. The molecule has 1 saturated heterocycles. The lowest BCUT2D eigenvalue weighted by molar-refractivity contribution is -0.274. The van der Waals surface area contributed by atoms with Crippen molar-refractivity contribution in [2.75, 3.05) is 19.6 Å². The van der Waals surface area contributed by atoms with Crippen LogP contribution in [0.1, 0.15) is 18.4 Å². The zero-order valence-corrected chi connectivity index (χ0v) is 18.9. The minimum absolute atomic E-state index is 0.0188. The molecule has 0 unspecified atom stereocenters. The number of nitrogens with one attached hydrogen (secondary N) is 2. The molecule has 1 fully saturated rings. The molecule has 2 N–H and O–H groups in total. The summed E-state index contributed by atoms with van der Waals surface area (Å²) in [6.07, 6.45) is -4.50. The Bertz CT molecular complexity index is 1100. The number of sulfonamides is 1. The molecule has 0 bridgehead atoms. The van der Waals surface area contributed by atoms with E-state index in [2.05, 4.69) is 15.4 Å². The Morgan fingerprint density at radius 1 is 1.00 bits per heavy atom. The molecule has 1 aliphatic heterocycles. The molecule has 184 valence electrons. The lowest BCUT2D eigenvalue weighted by atomic mass is 9.97. The van der Waals surface area contributed by atoms with Crippen LogP contribution >= 0.6 is 0 Å². The first kappa shape index (κ1) is 25.5. The molecule has 1 heterocycles. The highest BCUT2D eigenvalue weighted by Gasteiger charge is 2.34. The third-order valence-electron chi connectivity index (χ3n) is 5.26. The van der Waals surface area contributed by atoms with Crippen LogP contribution in [0, 0.1) is 5.92 Å². The maximum absolute atomic E-state index is 12.8. The first-order valence-electron chi connectivity index (χ1n) is 10.5. The van der Waals surface area contributed by atoms with E-state index in [9.17, 15) is 31.2 Å². The van der Waals surface area contributed by atoms with Crippen LogP contribution in [-0.4, -0.2) is 50.5 Å². The fraction of sp³-hybridized carbons (Fsp3) is 0.364. The summed E-state index contributed by atoms with van der Waals surface area (Å²) in [5.41, 5.74) is 0.922. The van der Waals surface area contributed by atoms with E-state index in [0.717, 1.165) is 28.1 Å². The predicted octanol–water partition coefficient (Wildman–Crippen LogP) is 2.42. The molecule has 3 rings (SSSR count). The summed E-state index contributed by atoms with van der Waals surface area (Å²) < 4.78 is 67.9. The monoisotopic (exact) mass is 499 g/mol. The zero-order valence-electron chi connectivity index (χ0n) is 18.0. The molecule has 12 heteroatoms. The van der Waals surface area contributed by atoms with Gasteiger partial charge < -0.3 is 15.4 Å². The first-order valence-corrected chi connectivity index (χ1v) is 11.9. The normalized spacial score (nSPS) is 15.5. The Balaban J connectivity index is 1.48. The van der Waals surface area contributed by atoms with E-state index in [1.54, 1.807) is 0 Å². The maximum atomic E-state index is 12.8. The van der Waals surface area contributed by atoms with Gasteiger partial charge in [0.25, 0.3) is 0 Å². The topological polar surface area (TPSA) is 105 Å². The number of hydrogen-bond donors (Lipinski definition) is 2. The van der Waals surface area contributed by atoms with Gasteiger partial charge in [-0.1, -0.05) is 36.4 Å². The Kier molecular flexibility index (Phi) is 8.15. The van der Waals surface area contributed by atoms with Crippen LogP contribution in [0.3, 0.4) is 0 Å². The van der Waals surface area contributed by atoms with Gasteiger partial charge in [0.2, 0.25) is 21.8 Å². The van der Waals surface area contributed by atoms with Gasteiger partial charge >= 0.3 is 6.36 Å². The largest absolute Gasteiger partial charge is 0.573 e. The molecule has 2 aromatic carbocycles. The van der Waals surface area contributed by atoms with Gasteiger partial charge in [0.15, 0.2) is 0 Å². The van der Waals surface area contributed by atoms with Crippen LogP contribution in [-0.2, 0) is 26.2 Å². The van der Waals surface area contributed by atoms with Crippen LogP contribution in [0.2, 0.25) is 0 Å². The zero-order chi connectivity index (χ0) is 24.8. The number of benzene rings is 2. The minimum Gasteiger partial charge on any atom is -0.406 e. The molecular formula is C22H24F3N3O5S. The highest BCUT2D eigenvalue weighted by atomic mass is 32.2. The lowest BCUT2D eigenvalue weighted by Crippen LogP contribution is -2.45. The smallest absolute Gasteiger partial charge is 0.406 e. The van der Waals surface area contributed by atoms with E-state index >= 15 is 0 Å². The minimum atomic E-state index is -4.94. The van der Waals surface area contributed by atoms with Gasteiger partial charge in [-0.05, 0) is 30.5 Å². The molecule has 34 heavy (non-hydrogen) atoms. The van der Waals surface area contributed by atoms with E-state index in [0.29, 0.717) is 6.54 Å². The van der Waals surface area contributed by atoms with Gasteiger partial charge in [0, 0.05) is 31.6 Å². The molecule has 0 aromatic heterocycles. The van der Waals surface area contributed by atoms with Crippen molar-refractivity contribution in [1.82, 2.24) is 14.9 Å². The standard InChI is InChI=1S/C22H24F3N3O5S/c23-22(24,25)33-18-7-4-8-19(13-18)34(31,32)28-11-9-17(10-12-28)21(30)27-15-20(29)26-14-16-5-2-1-3-6-16/h1-8,13,17H,9-12,14-15H2,(H,26,29)(H,27,30). The average molecular weight is 500 g/mol. The Morgan fingerprint density at radius 3 is 2.32 bits per heavy atom. The number of carbonyl (C=O) groups excluding carboxylic acids is 2. The summed E-state index contributed by atoms with van der Waals surface area (Å²) in [6, 6.07) is 13.5. The number of rotatable bonds is 8. The molecule has 2 amide bonds. The lowest BCUT2D eigenvalue weighted by Gasteiger charge is -2.30. The van der Waals surface area contributed by atoms with Gasteiger partial charge in [0.05, 0.1) is 11.4 Å². The van der Waals surface area contributed by atoms with Crippen molar-refractivity contribution in [1.29, 1.82) is 0 Å². The number of halogens is 3. The fourth-order valence-electron chi connectivity index (χ4n) is 3.51. The molecule has 0 radical (unpaired) electrons. The van der Waals surface area contributed by atoms with Gasteiger partial charge in [-0.15, -0.1) is 13.2 Å². The second-order valence-electron chi connectivity index (χ2n) is 7.68. The number of hydrogen-bond acceptors (Lipinski definition) is 5. The Morgan fingerprint density at radius 2 is 1.68 bits per heavy atom. The molecule has 0 saturated carbocycles. The molecular weight excluding hydrogens is 475 g/mol. The fourth-order valence-corrected chi connectivity index (χ4v) is 5.02. The molecule has 0 spiro atoms. The Hall–Kier alpha value is -3.12. The summed E-state index contributed by atoms with van der Waals surface area (Å²) in [4.78, 5) is 24.0. The average Bonchev–Trinajstić information content (AvgIpc) is 2.81. The number of nitrogens with zero attached hydrogens (tertiary/aromatic N) is 1. The maximum Gasteiger partial charge on any atom is 0.573 e. The first-order chi connectivity index (χ1) is 16.0. The summed E-state index contributed by atoms with van der Waals surface area (Å²) in [5.74, 6) is -1.81. The van der Waals surface area contributed by atoms with Gasteiger partial charge in [0.1, 0.15) is 5.75 Å². The van der Waals surface area contributed by atoms with Crippen LogP contribution in [0.15, 0.2) is 59.5 Å². The van der Waals surface area contributed by atoms with E-state index in [-0.39, 0.29) is 49.2 Å². The van der Waals surface area contributed by atoms with Crippen molar-refractivity contribution in [2.45, 2.75) is 30.6 Å². The van der Waals surface area contributed by atoms with Crippen molar-refractivity contribution >= 4 is 21.8 Å². The summed E-state index contributed by atoms with van der Waals surface area (Å²) in [5, 5.41) is 5.26. The summed E-state index contributed by atoms with van der Waals surface area (Å²) >= 11 is 0. The molecule has 1 aliphatic rings. The van der Waals surface area contributed by atoms with E-state index in [1.165, 1.54) is 6.07 Å². The van der Waals surface area contributed by atoms with Gasteiger partial charge in [-0.3, -0.25) is 9.59 Å². The second kappa shape index (κ2) is 10.9. The number of alkyl halides is 3. The quantitative estimate of drug-likeness (QED) is 0.581. The van der Waals surface area contributed by atoms with Crippen LogP contribution in [0.4, 0.5) is 13.2 Å². The van der Waals surface area contributed by atoms with Gasteiger partial charge in [-0.25, -0.2) is 8.42 Å². The molecule has 0 aliphatic carbocycles. The number of piperidine rings is 1. The van der Waals surface area contributed by atoms with E-state index in [1.807, 2.05) is 30.3 Å². The SMILES string of the molecule is O=C(CNC(=O)C1CCN(S(=O)(=O)c2cccc(OC(F)(F)F)c2)CC1)NCc1ccccc1. The van der Waals surface area contributed by atoms with Crippen molar-refractivity contribution in [3.63, 3.8) is 0 Å². The highest BCUT2D eigenvalue weighted by Crippen LogP contribution is 2.28. The van der Waals surface area contributed by atoms with Crippen molar-refractivity contribution in [2.24, 2.45) is 5.92 Å². The second-order valence-corrected chi connectivity index (χ2v) is 9.62. The van der Waals surface area contributed by atoms with Crippen molar-refractivity contribution in [3.05, 3.63) is 60.2 Å². The highest BCUT2D eigenvalue weighted by molar-refractivity contribution is 7.89. The van der Waals surface area contributed by atoms with Crippen LogP contribution in [0.25, 0.3) is 0 Å².